The molecular formula is C23H30N2O6S. The topological polar surface area (TPSA) is 111 Å². The van der Waals surface area contributed by atoms with Crippen LogP contribution in [-0.2, 0) is 19.6 Å². The van der Waals surface area contributed by atoms with E-state index in [9.17, 15) is 18.0 Å². The number of anilines is 1. The number of hydrogen-bond donors (Lipinski definition) is 2. The number of carbonyl (C=O) groups excluding carboxylic acids is 2. The maximum atomic E-state index is 12.3. The standard InChI is InChI=1S/C23H30N2O6S/c1-4-6-15-30-23(27)18-7-9-19(10-8-18)24-22(26)16-31-20-11-13-21(14-12-20)32(28,29)25-17(3)5-2/h7-14,17,25H,4-6,15-16H2,1-3H3,(H,24,26)/t17-/m1/s1. The number of benzene rings is 2. The van der Waals surface area contributed by atoms with Gasteiger partial charge in [-0.1, -0.05) is 20.3 Å². The molecule has 0 unspecified atom stereocenters. The lowest BCUT2D eigenvalue weighted by Gasteiger charge is -2.12. The molecule has 0 heterocycles. The van der Waals surface area contributed by atoms with Crippen LogP contribution in [0, 0.1) is 0 Å². The lowest BCUT2D eigenvalue weighted by Crippen LogP contribution is -2.31. The molecule has 0 saturated heterocycles. The van der Waals surface area contributed by atoms with Crippen LogP contribution >= 0.6 is 0 Å². The first-order chi connectivity index (χ1) is 15.2. The van der Waals surface area contributed by atoms with Crippen molar-refractivity contribution in [2.24, 2.45) is 0 Å². The maximum Gasteiger partial charge on any atom is 0.338 e. The second-order valence-electron chi connectivity index (χ2n) is 7.31. The summed E-state index contributed by atoms with van der Waals surface area (Å²) >= 11 is 0. The van der Waals surface area contributed by atoms with Crippen molar-refractivity contribution in [2.75, 3.05) is 18.5 Å². The van der Waals surface area contributed by atoms with E-state index in [0.29, 0.717) is 30.0 Å². The third kappa shape index (κ3) is 7.97. The molecule has 2 N–H and O–H groups in total. The SMILES string of the molecule is CCCCOC(=O)c1ccc(NC(=O)COc2ccc(S(=O)(=O)N[C@H](C)CC)cc2)cc1. The highest BCUT2D eigenvalue weighted by molar-refractivity contribution is 7.89. The van der Waals surface area contributed by atoms with Gasteiger partial charge in [-0.3, -0.25) is 4.79 Å². The highest BCUT2D eigenvalue weighted by atomic mass is 32.2. The van der Waals surface area contributed by atoms with Crippen molar-refractivity contribution in [1.82, 2.24) is 4.72 Å². The van der Waals surface area contributed by atoms with Crippen LogP contribution in [0.1, 0.15) is 50.4 Å². The Bertz CT molecular complexity index is 988. The van der Waals surface area contributed by atoms with Crippen LogP contribution in [0.5, 0.6) is 5.75 Å². The van der Waals surface area contributed by atoms with Gasteiger partial charge in [0.2, 0.25) is 10.0 Å². The molecule has 0 aromatic heterocycles. The number of nitrogens with one attached hydrogen (secondary N) is 2. The molecule has 1 amide bonds. The highest BCUT2D eigenvalue weighted by Crippen LogP contribution is 2.17. The average Bonchev–Trinajstić information content (AvgIpc) is 2.78. The Morgan fingerprint density at radius 2 is 1.66 bits per heavy atom. The summed E-state index contributed by atoms with van der Waals surface area (Å²) in [4.78, 5) is 24.1. The van der Waals surface area contributed by atoms with Gasteiger partial charge in [0.05, 0.1) is 17.1 Å². The van der Waals surface area contributed by atoms with Crippen LogP contribution in [0.2, 0.25) is 0 Å². The van der Waals surface area contributed by atoms with Gasteiger partial charge in [-0.2, -0.15) is 0 Å². The monoisotopic (exact) mass is 462 g/mol. The number of hydrogen-bond acceptors (Lipinski definition) is 6. The van der Waals surface area contributed by atoms with Crippen LogP contribution in [0.15, 0.2) is 53.4 Å². The Labute approximate surface area is 189 Å². The fourth-order valence-electron chi connectivity index (χ4n) is 2.56. The average molecular weight is 463 g/mol. The van der Waals surface area contributed by atoms with Gasteiger partial charge >= 0.3 is 5.97 Å². The van der Waals surface area contributed by atoms with E-state index in [-0.39, 0.29) is 17.5 Å². The van der Waals surface area contributed by atoms with E-state index in [4.69, 9.17) is 9.47 Å². The minimum absolute atomic E-state index is 0.128. The van der Waals surface area contributed by atoms with Gasteiger partial charge in [-0.15, -0.1) is 0 Å². The summed E-state index contributed by atoms with van der Waals surface area (Å²) in [6.07, 6.45) is 2.44. The third-order valence-corrected chi connectivity index (χ3v) is 6.21. The number of unbranched alkanes of at least 4 members (excludes halogenated alkanes) is 1. The normalized spacial score (nSPS) is 12.1. The van der Waals surface area contributed by atoms with Crippen molar-refractivity contribution in [2.45, 2.75) is 51.0 Å². The molecule has 2 rings (SSSR count). The van der Waals surface area contributed by atoms with Crippen molar-refractivity contribution in [3.63, 3.8) is 0 Å². The fraction of sp³-hybridized carbons (Fsp3) is 0.391. The summed E-state index contributed by atoms with van der Waals surface area (Å²) in [5.41, 5.74) is 0.925. The molecule has 0 saturated carbocycles. The smallest absolute Gasteiger partial charge is 0.338 e. The second kappa shape index (κ2) is 12.2. The van der Waals surface area contributed by atoms with Crippen LogP contribution < -0.4 is 14.8 Å². The Kier molecular flexibility index (Phi) is 9.67. The Morgan fingerprint density at radius 1 is 1.00 bits per heavy atom. The van der Waals surface area contributed by atoms with Gasteiger partial charge in [0.1, 0.15) is 5.75 Å². The van der Waals surface area contributed by atoms with Gasteiger partial charge in [-0.05, 0) is 68.3 Å². The highest BCUT2D eigenvalue weighted by Gasteiger charge is 2.16. The first-order valence-corrected chi connectivity index (χ1v) is 12.1. The van der Waals surface area contributed by atoms with Gasteiger partial charge < -0.3 is 14.8 Å². The molecule has 2 aromatic carbocycles. The van der Waals surface area contributed by atoms with E-state index in [1.165, 1.54) is 24.3 Å². The number of carbonyl (C=O) groups is 2. The zero-order valence-corrected chi connectivity index (χ0v) is 19.4. The summed E-state index contributed by atoms with van der Waals surface area (Å²) in [6, 6.07) is 12.1. The van der Waals surface area contributed by atoms with Crippen molar-refractivity contribution in [1.29, 1.82) is 0 Å². The van der Waals surface area contributed by atoms with E-state index < -0.39 is 21.9 Å². The molecule has 32 heavy (non-hydrogen) atoms. The maximum absolute atomic E-state index is 12.3. The van der Waals surface area contributed by atoms with Crippen LogP contribution in [0.3, 0.4) is 0 Å². The van der Waals surface area contributed by atoms with Crippen molar-refractivity contribution in [3.8, 4) is 5.75 Å². The van der Waals surface area contributed by atoms with Crippen molar-refractivity contribution >= 4 is 27.6 Å². The molecule has 0 bridgehead atoms. The summed E-state index contributed by atoms with van der Waals surface area (Å²) in [5.74, 6) is -0.421. The number of ether oxygens (including phenoxy) is 2. The molecule has 2 aromatic rings. The van der Waals surface area contributed by atoms with Crippen LogP contribution in [0.4, 0.5) is 5.69 Å². The molecule has 0 aliphatic carbocycles. The number of sulfonamides is 1. The molecule has 0 fully saturated rings. The van der Waals surface area contributed by atoms with Gasteiger partial charge in [0.15, 0.2) is 6.61 Å². The molecule has 174 valence electrons. The molecule has 1 atom stereocenters. The van der Waals surface area contributed by atoms with E-state index >= 15 is 0 Å². The van der Waals surface area contributed by atoms with E-state index in [2.05, 4.69) is 10.0 Å². The van der Waals surface area contributed by atoms with Crippen LogP contribution in [-0.4, -0.2) is 39.5 Å². The Morgan fingerprint density at radius 3 is 2.25 bits per heavy atom. The number of rotatable bonds is 12. The molecular weight excluding hydrogens is 432 g/mol. The first kappa shape index (κ1) is 25.4. The van der Waals surface area contributed by atoms with Gasteiger partial charge in [-0.25, -0.2) is 17.9 Å². The Balaban J connectivity index is 1.84. The minimum atomic E-state index is -3.59. The van der Waals surface area contributed by atoms with E-state index in [1.807, 2.05) is 13.8 Å². The Hall–Kier alpha value is -2.91. The molecule has 0 radical (unpaired) electrons. The lowest BCUT2D eigenvalue weighted by atomic mass is 10.2. The first-order valence-electron chi connectivity index (χ1n) is 10.6. The van der Waals surface area contributed by atoms with Gasteiger partial charge in [0.25, 0.3) is 5.91 Å². The second-order valence-corrected chi connectivity index (χ2v) is 9.02. The number of esters is 1. The predicted molar refractivity (Wildman–Crippen MR) is 122 cm³/mol. The van der Waals surface area contributed by atoms with Crippen molar-refractivity contribution in [3.05, 3.63) is 54.1 Å². The fourth-order valence-corrected chi connectivity index (χ4v) is 3.89. The van der Waals surface area contributed by atoms with Gasteiger partial charge in [0, 0.05) is 11.7 Å². The molecule has 0 aliphatic heterocycles. The quantitative estimate of drug-likeness (QED) is 0.367. The summed E-state index contributed by atoms with van der Waals surface area (Å²) < 4.78 is 37.7. The zero-order valence-electron chi connectivity index (χ0n) is 18.6. The molecule has 0 aliphatic rings. The molecule has 9 heteroatoms. The van der Waals surface area contributed by atoms with E-state index in [0.717, 1.165) is 12.8 Å². The summed E-state index contributed by atoms with van der Waals surface area (Å²) in [5, 5.41) is 2.67. The molecule has 8 nitrogen and oxygen atoms in total. The van der Waals surface area contributed by atoms with Crippen LogP contribution in [0.25, 0.3) is 0 Å². The predicted octanol–water partition coefficient (Wildman–Crippen LogP) is 3.74. The minimum Gasteiger partial charge on any atom is -0.484 e. The summed E-state index contributed by atoms with van der Waals surface area (Å²) in [7, 11) is -3.59. The molecule has 0 spiro atoms. The largest absolute Gasteiger partial charge is 0.484 e. The third-order valence-electron chi connectivity index (χ3n) is 4.61. The number of amides is 1. The zero-order chi connectivity index (χ0) is 23.6. The van der Waals surface area contributed by atoms with Crippen molar-refractivity contribution < 1.29 is 27.5 Å². The lowest BCUT2D eigenvalue weighted by molar-refractivity contribution is -0.118. The summed E-state index contributed by atoms with van der Waals surface area (Å²) in [6.45, 7) is 5.83. The van der Waals surface area contributed by atoms with E-state index in [1.54, 1.807) is 31.2 Å².